The number of piperazine rings is 1. The molecule has 1 aliphatic heterocycles. The van der Waals surface area contributed by atoms with Gasteiger partial charge in [0.25, 0.3) is 11.8 Å². The SMILES string of the molecule is CCCNC(=O)c1cccc(C(=O)NCCN2CCNCC2)c1.Cl. The average Bonchev–Trinajstić information content (AvgIpc) is 2.60. The van der Waals surface area contributed by atoms with E-state index >= 15 is 0 Å². The van der Waals surface area contributed by atoms with Crippen molar-refractivity contribution in [2.45, 2.75) is 13.3 Å². The van der Waals surface area contributed by atoms with Gasteiger partial charge < -0.3 is 16.0 Å². The number of benzene rings is 1. The van der Waals surface area contributed by atoms with E-state index in [-0.39, 0.29) is 24.2 Å². The van der Waals surface area contributed by atoms with Crippen molar-refractivity contribution in [2.75, 3.05) is 45.8 Å². The van der Waals surface area contributed by atoms with Gasteiger partial charge in [-0.05, 0) is 24.6 Å². The highest BCUT2D eigenvalue weighted by molar-refractivity contribution is 5.99. The first-order valence-corrected chi connectivity index (χ1v) is 8.30. The largest absolute Gasteiger partial charge is 0.352 e. The third-order valence-corrected chi connectivity index (χ3v) is 3.85. The summed E-state index contributed by atoms with van der Waals surface area (Å²) in [5.74, 6) is -0.271. The number of amides is 2. The highest BCUT2D eigenvalue weighted by Gasteiger charge is 2.12. The monoisotopic (exact) mass is 354 g/mol. The highest BCUT2D eigenvalue weighted by atomic mass is 35.5. The predicted octanol–water partition coefficient (Wildman–Crippen LogP) is 0.883. The first-order chi connectivity index (χ1) is 11.2. The topological polar surface area (TPSA) is 73.5 Å². The number of carbonyl (C=O) groups excluding carboxylic acids is 2. The third-order valence-electron chi connectivity index (χ3n) is 3.85. The third kappa shape index (κ3) is 6.47. The Balaban J connectivity index is 0.00000288. The average molecular weight is 355 g/mol. The van der Waals surface area contributed by atoms with Crippen molar-refractivity contribution < 1.29 is 9.59 Å². The zero-order valence-electron chi connectivity index (χ0n) is 14.1. The van der Waals surface area contributed by atoms with Crippen LogP contribution in [0.15, 0.2) is 24.3 Å². The molecule has 0 spiro atoms. The molecule has 1 fully saturated rings. The molecule has 1 saturated heterocycles. The van der Waals surface area contributed by atoms with Crippen LogP contribution in [0.2, 0.25) is 0 Å². The zero-order chi connectivity index (χ0) is 16.5. The molecule has 3 N–H and O–H groups in total. The molecule has 0 saturated carbocycles. The van der Waals surface area contributed by atoms with Crippen molar-refractivity contribution in [2.24, 2.45) is 0 Å². The lowest BCUT2D eigenvalue weighted by Crippen LogP contribution is -2.46. The first kappa shape index (κ1) is 20.4. The van der Waals surface area contributed by atoms with Crippen LogP contribution in [0, 0.1) is 0 Å². The van der Waals surface area contributed by atoms with E-state index in [1.807, 2.05) is 6.92 Å². The van der Waals surface area contributed by atoms with Gasteiger partial charge in [-0.2, -0.15) is 0 Å². The van der Waals surface area contributed by atoms with Crippen molar-refractivity contribution >= 4 is 24.2 Å². The highest BCUT2D eigenvalue weighted by Crippen LogP contribution is 2.05. The molecule has 0 unspecified atom stereocenters. The lowest BCUT2D eigenvalue weighted by Gasteiger charge is -2.27. The lowest BCUT2D eigenvalue weighted by molar-refractivity contribution is 0.0947. The fourth-order valence-electron chi connectivity index (χ4n) is 2.51. The lowest BCUT2D eigenvalue weighted by atomic mass is 10.1. The van der Waals surface area contributed by atoms with Gasteiger partial charge in [-0.3, -0.25) is 14.5 Å². The van der Waals surface area contributed by atoms with E-state index < -0.39 is 0 Å². The maximum Gasteiger partial charge on any atom is 0.251 e. The Kier molecular flexibility index (Phi) is 9.37. The molecule has 1 aromatic carbocycles. The van der Waals surface area contributed by atoms with Crippen LogP contribution in [0.4, 0.5) is 0 Å². The van der Waals surface area contributed by atoms with Crippen molar-refractivity contribution in [3.8, 4) is 0 Å². The Morgan fingerprint density at radius 2 is 1.67 bits per heavy atom. The van der Waals surface area contributed by atoms with Crippen molar-refractivity contribution in [3.63, 3.8) is 0 Å². The molecule has 1 heterocycles. The van der Waals surface area contributed by atoms with Gasteiger partial charge in [-0.1, -0.05) is 13.0 Å². The minimum absolute atomic E-state index is 0. The minimum atomic E-state index is -0.137. The van der Waals surface area contributed by atoms with Crippen LogP contribution in [-0.4, -0.2) is 62.5 Å². The molecule has 6 nitrogen and oxygen atoms in total. The van der Waals surface area contributed by atoms with E-state index in [1.54, 1.807) is 24.3 Å². The molecule has 0 atom stereocenters. The molecular weight excluding hydrogens is 328 g/mol. The molecule has 0 aromatic heterocycles. The molecule has 24 heavy (non-hydrogen) atoms. The summed E-state index contributed by atoms with van der Waals surface area (Å²) in [6, 6.07) is 6.84. The summed E-state index contributed by atoms with van der Waals surface area (Å²) in [7, 11) is 0. The predicted molar refractivity (Wildman–Crippen MR) is 98.0 cm³/mol. The molecule has 2 rings (SSSR count). The van der Waals surface area contributed by atoms with Gasteiger partial charge >= 0.3 is 0 Å². The molecule has 7 heteroatoms. The normalized spacial score (nSPS) is 14.5. The van der Waals surface area contributed by atoms with Gasteiger partial charge in [0, 0.05) is 56.9 Å². The van der Waals surface area contributed by atoms with Crippen LogP contribution in [0.25, 0.3) is 0 Å². The second-order valence-corrected chi connectivity index (χ2v) is 5.68. The Morgan fingerprint density at radius 3 is 2.25 bits per heavy atom. The molecule has 2 amide bonds. The smallest absolute Gasteiger partial charge is 0.251 e. The number of rotatable bonds is 7. The second kappa shape index (κ2) is 11.0. The number of hydrogen-bond acceptors (Lipinski definition) is 4. The fraction of sp³-hybridized carbons (Fsp3) is 0.529. The Morgan fingerprint density at radius 1 is 1.08 bits per heavy atom. The summed E-state index contributed by atoms with van der Waals surface area (Å²) >= 11 is 0. The van der Waals surface area contributed by atoms with E-state index in [0.29, 0.717) is 24.2 Å². The van der Waals surface area contributed by atoms with Crippen molar-refractivity contribution in [1.82, 2.24) is 20.9 Å². The number of hydrogen-bond donors (Lipinski definition) is 3. The van der Waals surface area contributed by atoms with E-state index in [1.165, 1.54) is 0 Å². The summed E-state index contributed by atoms with van der Waals surface area (Å²) in [6.45, 7) is 8.15. The molecule has 0 radical (unpaired) electrons. The Bertz CT molecular complexity index is 533. The van der Waals surface area contributed by atoms with Gasteiger partial charge in [-0.25, -0.2) is 0 Å². The van der Waals surface area contributed by atoms with Crippen LogP contribution >= 0.6 is 12.4 Å². The molecule has 134 valence electrons. The van der Waals surface area contributed by atoms with Gasteiger partial charge in [0.2, 0.25) is 0 Å². The molecule has 1 aromatic rings. The van der Waals surface area contributed by atoms with Crippen LogP contribution in [0.1, 0.15) is 34.1 Å². The fourth-order valence-corrected chi connectivity index (χ4v) is 2.51. The Labute approximate surface area is 149 Å². The second-order valence-electron chi connectivity index (χ2n) is 5.68. The van der Waals surface area contributed by atoms with Gasteiger partial charge in [0.1, 0.15) is 0 Å². The number of nitrogens with zero attached hydrogens (tertiary/aromatic N) is 1. The van der Waals surface area contributed by atoms with E-state index in [9.17, 15) is 9.59 Å². The number of nitrogens with one attached hydrogen (secondary N) is 3. The van der Waals surface area contributed by atoms with Crippen molar-refractivity contribution in [1.29, 1.82) is 0 Å². The molecule has 0 bridgehead atoms. The summed E-state index contributed by atoms with van der Waals surface area (Å²) in [6.07, 6.45) is 0.887. The van der Waals surface area contributed by atoms with Crippen molar-refractivity contribution in [3.05, 3.63) is 35.4 Å². The first-order valence-electron chi connectivity index (χ1n) is 8.30. The van der Waals surface area contributed by atoms with Gasteiger partial charge in [-0.15, -0.1) is 12.4 Å². The van der Waals surface area contributed by atoms with E-state index in [4.69, 9.17) is 0 Å². The maximum atomic E-state index is 12.2. The molecule has 0 aliphatic carbocycles. The van der Waals surface area contributed by atoms with Crippen LogP contribution in [0.5, 0.6) is 0 Å². The quantitative estimate of drug-likeness (QED) is 0.679. The van der Waals surface area contributed by atoms with E-state index in [0.717, 1.165) is 39.1 Å². The standard InChI is InChI=1S/C17H26N4O2.ClH/c1-2-6-19-16(22)14-4-3-5-15(13-14)17(23)20-9-12-21-10-7-18-8-11-21;/h3-5,13,18H,2,6-12H2,1H3,(H,19,22)(H,20,23);1H. The summed E-state index contributed by atoms with van der Waals surface area (Å²) in [5.41, 5.74) is 1.04. The summed E-state index contributed by atoms with van der Waals surface area (Å²) < 4.78 is 0. The molecule has 1 aliphatic rings. The maximum absolute atomic E-state index is 12.2. The van der Waals surface area contributed by atoms with Gasteiger partial charge in [0.05, 0.1) is 0 Å². The van der Waals surface area contributed by atoms with Crippen LogP contribution in [0.3, 0.4) is 0 Å². The Hall–Kier alpha value is -1.63. The summed E-state index contributed by atoms with van der Waals surface area (Å²) in [4.78, 5) is 26.5. The minimum Gasteiger partial charge on any atom is -0.352 e. The van der Waals surface area contributed by atoms with Crippen LogP contribution < -0.4 is 16.0 Å². The van der Waals surface area contributed by atoms with E-state index in [2.05, 4.69) is 20.9 Å². The number of carbonyl (C=O) groups is 2. The molecular formula is C17H27ClN4O2. The summed E-state index contributed by atoms with van der Waals surface area (Å²) in [5, 5.41) is 9.04. The van der Waals surface area contributed by atoms with Gasteiger partial charge in [0.15, 0.2) is 0 Å². The number of halogens is 1. The zero-order valence-corrected chi connectivity index (χ0v) is 15.0. The van der Waals surface area contributed by atoms with Crippen LogP contribution in [-0.2, 0) is 0 Å².